The molecule has 13 heteroatoms. The topological polar surface area (TPSA) is 148 Å². The molecule has 3 aromatic rings. The van der Waals surface area contributed by atoms with Gasteiger partial charge in [-0.2, -0.15) is 0 Å². The fourth-order valence-electron chi connectivity index (χ4n) is 4.56. The molecule has 0 aromatic heterocycles. The average Bonchev–Trinajstić information content (AvgIpc) is 2.96. The third-order valence-electron chi connectivity index (χ3n) is 6.58. The van der Waals surface area contributed by atoms with Gasteiger partial charge in [0.15, 0.2) is 0 Å². The summed E-state index contributed by atoms with van der Waals surface area (Å²) in [7, 11) is -1.38. The van der Waals surface area contributed by atoms with Crippen molar-refractivity contribution in [1.82, 2.24) is 10.2 Å². The van der Waals surface area contributed by atoms with Crippen LogP contribution in [-0.4, -0.2) is 68.7 Å². The molecule has 0 aliphatic heterocycles. The van der Waals surface area contributed by atoms with Gasteiger partial charge in [-0.15, -0.1) is 0 Å². The van der Waals surface area contributed by atoms with Gasteiger partial charge in [-0.05, 0) is 50.1 Å². The number of rotatable bonds is 13. The molecular formula is C31H38N4O8S. The van der Waals surface area contributed by atoms with Crippen molar-refractivity contribution in [1.29, 1.82) is 0 Å². The molecule has 0 aliphatic carbocycles. The number of carbonyl (C=O) groups excluding carboxylic acids is 2. The van der Waals surface area contributed by atoms with Gasteiger partial charge in [0.05, 0.1) is 25.4 Å². The second kappa shape index (κ2) is 14.2. The Kier molecular flexibility index (Phi) is 10.9. The predicted octanol–water partition coefficient (Wildman–Crippen LogP) is 3.93. The van der Waals surface area contributed by atoms with E-state index in [4.69, 9.17) is 9.47 Å². The normalized spacial score (nSPS) is 12.1. The molecule has 3 rings (SSSR count). The minimum Gasteiger partial charge on any atom is -0.497 e. The molecule has 0 aliphatic rings. The lowest BCUT2D eigenvalue weighted by Gasteiger charge is -2.35. The summed E-state index contributed by atoms with van der Waals surface area (Å²) in [6.45, 7) is 4.64. The lowest BCUT2D eigenvalue weighted by Crippen LogP contribution is -2.56. The molecule has 0 saturated carbocycles. The van der Waals surface area contributed by atoms with E-state index in [0.717, 1.165) is 22.2 Å². The third-order valence-corrected chi connectivity index (χ3v) is 7.70. The quantitative estimate of drug-likeness (QED) is 0.222. The van der Waals surface area contributed by atoms with Gasteiger partial charge in [-0.25, -0.2) is 8.42 Å². The molecule has 0 saturated heterocycles. The van der Waals surface area contributed by atoms with Crippen molar-refractivity contribution >= 4 is 33.2 Å². The second-order valence-electron chi connectivity index (χ2n) is 11.2. The number of hydrogen-bond acceptors (Lipinski definition) is 8. The third kappa shape index (κ3) is 9.17. The molecule has 1 unspecified atom stereocenters. The van der Waals surface area contributed by atoms with Crippen LogP contribution >= 0.6 is 0 Å². The smallest absolute Gasteiger partial charge is 0.271 e. The Balaban J connectivity index is 2.16. The summed E-state index contributed by atoms with van der Waals surface area (Å²) in [4.78, 5) is 40.3. The number of nitrogens with one attached hydrogen (secondary N) is 1. The molecule has 1 atom stereocenters. The van der Waals surface area contributed by atoms with Crippen LogP contribution in [0.3, 0.4) is 0 Å². The fourth-order valence-corrected chi connectivity index (χ4v) is 5.40. The van der Waals surface area contributed by atoms with Gasteiger partial charge in [0.2, 0.25) is 21.8 Å². The van der Waals surface area contributed by atoms with Gasteiger partial charge in [0.25, 0.3) is 5.69 Å². The highest BCUT2D eigenvalue weighted by Crippen LogP contribution is 2.34. The van der Waals surface area contributed by atoms with Gasteiger partial charge in [0.1, 0.15) is 29.8 Å². The van der Waals surface area contributed by atoms with Crippen LogP contribution in [0.5, 0.6) is 11.5 Å². The molecule has 3 aromatic carbocycles. The van der Waals surface area contributed by atoms with Crippen molar-refractivity contribution in [3.8, 4) is 11.5 Å². The molecular weight excluding hydrogens is 588 g/mol. The molecule has 0 radical (unpaired) electrons. The lowest BCUT2D eigenvalue weighted by atomic mass is 10.0. The predicted molar refractivity (Wildman–Crippen MR) is 167 cm³/mol. The van der Waals surface area contributed by atoms with E-state index in [1.807, 2.05) is 51.1 Å². The summed E-state index contributed by atoms with van der Waals surface area (Å²) >= 11 is 0. The van der Waals surface area contributed by atoms with Gasteiger partial charge in [0, 0.05) is 30.6 Å². The Morgan fingerprint density at radius 1 is 0.955 bits per heavy atom. The van der Waals surface area contributed by atoms with E-state index in [0.29, 0.717) is 11.3 Å². The number of sulfonamides is 1. The average molecular weight is 627 g/mol. The zero-order valence-electron chi connectivity index (χ0n) is 25.6. The second-order valence-corrected chi connectivity index (χ2v) is 13.1. The maximum Gasteiger partial charge on any atom is 0.271 e. The Labute approximate surface area is 257 Å². The summed E-state index contributed by atoms with van der Waals surface area (Å²) in [5.41, 5.74) is 0.217. The van der Waals surface area contributed by atoms with Crippen LogP contribution in [0.25, 0.3) is 0 Å². The number of nitro groups is 1. The minimum atomic E-state index is -4.18. The van der Waals surface area contributed by atoms with Crippen LogP contribution in [0.2, 0.25) is 0 Å². The number of hydrogen-bond donors (Lipinski definition) is 1. The molecule has 0 bridgehead atoms. The van der Waals surface area contributed by atoms with Crippen LogP contribution in [0.1, 0.15) is 31.9 Å². The Bertz CT molecular complexity index is 1590. The number of methoxy groups -OCH3 is 2. The molecule has 0 spiro atoms. The Morgan fingerprint density at radius 3 is 2.18 bits per heavy atom. The number of amides is 2. The number of nitrogens with zero attached hydrogens (tertiary/aromatic N) is 3. The van der Waals surface area contributed by atoms with E-state index in [9.17, 15) is 28.1 Å². The van der Waals surface area contributed by atoms with Crippen molar-refractivity contribution < 1.29 is 32.4 Å². The number of nitro benzene ring substituents is 1. The van der Waals surface area contributed by atoms with Gasteiger partial charge < -0.3 is 19.7 Å². The number of anilines is 1. The van der Waals surface area contributed by atoms with Crippen LogP contribution in [0.15, 0.2) is 72.8 Å². The molecule has 236 valence electrons. The van der Waals surface area contributed by atoms with Gasteiger partial charge >= 0.3 is 0 Å². The molecule has 0 fully saturated rings. The molecule has 1 N–H and O–H groups in total. The van der Waals surface area contributed by atoms with E-state index in [2.05, 4.69) is 5.32 Å². The number of benzene rings is 3. The van der Waals surface area contributed by atoms with Crippen molar-refractivity contribution in [2.45, 2.75) is 45.3 Å². The molecule has 44 heavy (non-hydrogen) atoms. The van der Waals surface area contributed by atoms with E-state index in [1.165, 1.54) is 31.3 Å². The monoisotopic (exact) mass is 626 g/mol. The first-order chi connectivity index (χ1) is 20.6. The number of carbonyl (C=O) groups is 2. The zero-order chi connectivity index (χ0) is 32.7. The van der Waals surface area contributed by atoms with Crippen LogP contribution in [-0.2, 0) is 32.6 Å². The van der Waals surface area contributed by atoms with E-state index in [1.54, 1.807) is 24.3 Å². The largest absolute Gasteiger partial charge is 0.497 e. The van der Waals surface area contributed by atoms with Crippen molar-refractivity contribution in [2.75, 3.05) is 31.3 Å². The van der Waals surface area contributed by atoms with Crippen LogP contribution in [0.4, 0.5) is 11.4 Å². The molecule has 0 heterocycles. The first kappa shape index (κ1) is 33.8. The molecule has 2 amide bonds. The van der Waals surface area contributed by atoms with Gasteiger partial charge in [-0.3, -0.25) is 24.0 Å². The first-order valence-electron chi connectivity index (χ1n) is 13.7. The maximum absolute atomic E-state index is 14.3. The van der Waals surface area contributed by atoms with Crippen molar-refractivity contribution in [3.05, 3.63) is 94.0 Å². The highest BCUT2D eigenvalue weighted by molar-refractivity contribution is 7.92. The maximum atomic E-state index is 14.3. The fraction of sp³-hybridized carbons (Fsp3) is 0.355. The van der Waals surface area contributed by atoms with E-state index < -0.39 is 44.9 Å². The minimum absolute atomic E-state index is 0.0134. The van der Waals surface area contributed by atoms with Gasteiger partial charge in [-0.1, -0.05) is 42.5 Å². The number of ether oxygens (including phenoxy) is 2. The summed E-state index contributed by atoms with van der Waals surface area (Å²) in [6.07, 6.45) is 1.02. The van der Waals surface area contributed by atoms with E-state index in [-0.39, 0.29) is 30.1 Å². The summed E-state index contributed by atoms with van der Waals surface area (Å²) in [5.74, 6) is -0.597. The van der Waals surface area contributed by atoms with Crippen molar-refractivity contribution in [3.63, 3.8) is 0 Å². The summed E-state index contributed by atoms with van der Waals surface area (Å²) in [6, 6.07) is 18.5. The Morgan fingerprint density at radius 2 is 1.61 bits per heavy atom. The molecule has 12 nitrogen and oxygen atoms in total. The summed E-state index contributed by atoms with van der Waals surface area (Å²) < 4.78 is 37.6. The standard InChI is InChI=1S/C31H38N4O8S/c1-31(2,3)32-30(37)27(18-22-11-8-7-9-12-22)33(20-23-13-10-14-25(17-23)42-4)29(36)21-34(44(6,40)41)26-19-24(35(38)39)15-16-28(26)43-5/h7-17,19,27H,18,20-21H2,1-6H3,(H,32,37). The Hall–Kier alpha value is -4.65. The first-order valence-corrected chi connectivity index (χ1v) is 15.6. The SMILES string of the molecule is COc1cccc(CN(C(=O)CN(c2cc([N+](=O)[O-])ccc2OC)S(C)(=O)=O)C(Cc2ccccc2)C(=O)NC(C)(C)C)c1. The highest BCUT2D eigenvalue weighted by atomic mass is 32.2. The van der Waals surface area contributed by atoms with E-state index >= 15 is 0 Å². The highest BCUT2D eigenvalue weighted by Gasteiger charge is 2.35. The lowest BCUT2D eigenvalue weighted by molar-refractivity contribution is -0.384. The number of non-ortho nitro benzene ring substituents is 1. The van der Waals surface area contributed by atoms with Crippen LogP contribution in [0, 0.1) is 10.1 Å². The summed E-state index contributed by atoms with van der Waals surface area (Å²) in [5, 5.41) is 14.5. The van der Waals surface area contributed by atoms with Crippen molar-refractivity contribution in [2.24, 2.45) is 0 Å². The zero-order valence-corrected chi connectivity index (χ0v) is 26.5. The van der Waals surface area contributed by atoms with Crippen LogP contribution < -0.4 is 19.1 Å².